The Balaban J connectivity index is 1.68. The molecule has 0 aliphatic carbocycles. The van der Waals surface area contributed by atoms with Crippen molar-refractivity contribution in [3.05, 3.63) is 36.0 Å². The molecule has 4 nitrogen and oxygen atoms in total. The van der Waals surface area contributed by atoms with Gasteiger partial charge in [-0.3, -0.25) is 4.79 Å². The maximum atomic E-state index is 12.5. The van der Waals surface area contributed by atoms with E-state index in [0.717, 1.165) is 11.9 Å². The van der Waals surface area contributed by atoms with Gasteiger partial charge in [0.15, 0.2) is 0 Å². The molecule has 0 bridgehead atoms. The SMILES string of the molecule is CC1(C)COCCN1C(=O)CCc1c[nH]c2ccccc12. The van der Waals surface area contributed by atoms with Gasteiger partial charge in [0, 0.05) is 30.1 Å². The highest BCUT2D eigenvalue weighted by atomic mass is 16.5. The molecule has 0 saturated carbocycles. The molecule has 1 aromatic heterocycles. The van der Waals surface area contributed by atoms with Crippen molar-refractivity contribution < 1.29 is 9.53 Å². The zero-order valence-corrected chi connectivity index (χ0v) is 12.7. The molecule has 1 aliphatic heterocycles. The molecule has 1 fully saturated rings. The standard InChI is InChI=1S/C17H22N2O2/c1-17(2)12-21-10-9-19(17)16(20)8-7-13-11-18-15-6-4-3-5-14(13)15/h3-6,11,18H,7-10,12H2,1-2H3. The first-order chi connectivity index (χ1) is 10.1. The number of carbonyl (C=O) groups is 1. The fraction of sp³-hybridized carbons (Fsp3) is 0.471. The van der Waals surface area contributed by atoms with E-state index in [1.807, 2.05) is 23.2 Å². The minimum absolute atomic E-state index is 0.199. The average molecular weight is 286 g/mol. The number of nitrogens with zero attached hydrogens (tertiary/aromatic N) is 1. The Morgan fingerprint density at radius 2 is 2.19 bits per heavy atom. The number of H-pyrrole nitrogens is 1. The number of hydrogen-bond donors (Lipinski definition) is 1. The third kappa shape index (κ3) is 2.81. The van der Waals surface area contributed by atoms with Crippen molar-refractivity contribution in [2.45, 2.75) is 32.2 Å². The Hall–Kier alpha value is -1.81. The molecule has 0 spiro atoms. The van der Waals surface area contributed by atoms with Crippen molar-refractivity contribution in [2.75, 3.05) is 19.8 Å². The first-order valence-electron chi connectivity index (χ1n) is 7.51. The van der Waals surface area contributed by atoms with E-state index in [0.29, 0.717) is 26.2 Å². The largest absolute Gasteiger partial charge is 0.377 e. The van der Waals surface area contributed by atoms with E-state index in [1.165, 1.54) is 10.9 Å². The first-order valence-corrected chi connectivity index (χ1v) is 7.51. The van der Waals surface area contributed by atoms with Gasteiger partial charge in [-0.2, -0.15) is 0 Å². The fourth-order valence-corrected chi connectivity index (χ4v) is 3.04. The van der Waals surface area contributed by atoms with Crippen LogP contribution in [0.1, 0.15) is 25.8 Å². The Bertz CT molecular complexity index is 645. The predicted molar refractivity (Wildman–Crippen MR) is 83.2 cm³/mol. The van der Waals surface area contributed by atoms with Crippen molar-refractivity contribution in [3.8, 4) is 0 Å². The van der Waals surface area contributed by atoms with Gasteiger partial charge < -0.3 is 14.6 Å². The van der Waals surface area contributed by atoms with Crippen LogP contribution < -0.4 is 0 Å². The molecule has 0 unspecified atom stereocenters. The van der Waals surface area contributed by atoms with Gasteiger partial charge in [-0.1, -0.05) is 18.2 Å². The number of fused-ring (bicyclic) bond motifs is 1. The third-order valence-corrected chi connectivity index (χ3v) is 4.23. The minimum Gasteiger partial charge on any atom is -0.377 e. The average Bonchev–Trinajstić information content (AvgIpc) is 2.87. The number of amides is 1. The van der Waals surface area contributed by atoms with E-state index in [1.54, 1.807) is 0 Å². The van der Waals surface area contributed by atoms with Crippen LogP contribution in [0, 0.1) is 0 Å². The van der Waals surface area contributed by atoms with E-state index in [-0.39, 0.29) is 11.4 Å². The molecule has 3 rings (SSSR count). The van der Waals surface area contributed by atoms with Gasteiger partial charge in [-0.15, -0.1) is 0 Å². The van der Waals surface area contributed by atoms with E-state index in [9.17, 15) is 4.79 Å². The van der Waals surface area contributed by atoms with Crippen molar-refractivity contribution in [3.63, 3.8) is 0 Å². The summed E-state index contributed by atoms with van der Waals surface area (Å²) in [5, 5.41) is 1.21. The van der Waals surface area contributed by atoms with Crippen LogP contribution in [0.25, 0.3) is 10.9 Å². The number of hydrogen-bond acceptors (Lipinski definition) is 2. The highest BCUT2D eigenvalue weighted by Crippen LogP contribution is 2.22. The van der Waals surface area contributed by atoms with E-state index in [2.05, 4.69) is 31.0 Å². The molecule has 2 aromatic rings. The summed E-state index contributed by atoms with van der Waals surface area (Å²) < 4.78 is 5.47. The van der Waals surface area contributed by atoms with Gasteiger partial charge in [0.1, 0.15) is 0 Å². The van der Waals surface area contributed by atoms with Crippen LogP contribution in [0.3, 0.4) is 0 Å². The molecule has 0 radical (unpaired) electrons. The van der Waals surface area contributed by atoms with E-state index in [4.69, 9.17) is 4.74 Å². The molecule has 4 heteroatoms. The smallest absolute Gasteiger partial charge is 0.223 e. The second kappa shape index (κ2) is 5.53. The second-order valence-electron chi connectivity index (χ2n) is 6.27. The zero-order chi connectivity index (χ0) is 14.9. The molecule has 1 saturated heterocycles. The Kier molecular flexibility index (Phi) is 3.72. The fourth-order valence-electron chi connectivity index (χ4n) is 3.04. The van der Waals surface area contributed by atoms with Gasteiger partial charge in [0.25, 0.3) is 0 Å². The van der Waals surface area contributed by atoms with Crippen LogP contribution in [0.4, 0.5) is 0 Å². The van der Waals surface area contributed by atoms with Gasteiger partial charge in [-0.05, 0) is 31.9 Å². The number of aromatic amines is 1. The molecule has 1 N–H and O–H groups in total. The molecule has 21 heavy (non-hydrogen) atoms. The van der Waals surface area contributed by atoms with Crippen LogP contribution >= 0.6 is 0 Å². The number of ether oxygens (including phenoxy) is 1. The Morgan fingerprint density at radius 3 is 3.00 bits per heavy atom. The summed E-state index contributed by atoms with van der Waals surface area (Å²) in [5.41, 5.74) is 2.15. The summed E-state index contributed by atoms with van der Waals surface area (Å²) in [4.78, 5) is 17.7. The quantitative estimate of drug-likeness (QED) is 0.943. The first kappa shape index (κ1) is 14.1. The lowest BCUT2D eigenvalue weighted by Crippen LogP contribution is -2.55. The number of aromatic nitrogens is 1. The number of morpholine rings is 1. The van der Waals surface area contributed by atoms with Gasteiger partial charge in [0.2, 0.25) is 5.91 Å². The topological polar surface area (TPSA) is 45.3 Å². The molecule has 1 aromatic carbocycles. The van der Waals surface area contributed by atoms with Gasteiger partial charge in [0.05, 0.1) is 18.8 Å². The predicted octanol–water partition coefficient (Wildman–Crippen LogP) is 2.74. The number of aryl methyl sites for hydroxylation is 1. The number of carbonyl (C=O) groups excluding carboxylic acids is 1. The summed E-state index contributed by atoms with van der Waals surface area (Å²) in [7, 11) is 0. The summed E-state index contributed by atoms with van der Waals surface area (Å²) in [6, 6.07) is 8.21. The Morgan fingerprint density at radius 1 is 1.38 bits per heavy atom. The number of benzene rings is 1. The minimum atomic E-state index is -0.199. The Labute approximate surface area is 125 Å². The van der Waals surface area contributed by atoms with Crippen LogP contribution in [-0.4, -0.2) is 41.1 Å². The summed E-state index contributed by atoms with van der Waals surface area (Å²) in [5.74, 6) is 0.216. The maximum Gasteiger partial charge on any atom is 0.223 e. The van der Waals surface area contributed by atoms with Gasteiger partial charge >= 0.3 is 0 Å². The van der Waals surface area contributed by atoms with Crippen molar-refractivity contribution in [1.29, 1.82) is 0 Å². The van der Waals surface area contributed by atoms with Crippen LogP contribution in [0.15, 0.2) is 30.5 Å². The molecule has 2 heterocycles. The summed E-state index contributed by atoms with van der Waals surface area (Å²) in [6.07, 6.45) is 3.34. The lowest BCUT2D eigenvalue weighted by molar-refractivity contribution is -0.146. The van der Waals surface area contributed by atoms with E-state index < -0.39 is 0 Å². The molecule has 0 atom stereocenters. The van der Waals surface area contributed by atoms with Gasteiger partial charge in [-0.25, -0.2) is 0 Å². The number of rotatable bonds is 3. The van der Waals surface area contributed by atoms with Crippen LogP contribution in [0.2, 0.25) is 0 Å². The second-order valence-corrected chi connectivity index (χ2v) is 6.27. The van der Waals surface area contributed by atoms with Crippen molar-refractivity contribution >= 4 is 16.8 Å². The normalized spacial score (nSPS) is 18.1. The molecule has 1 amide bonds. The van der Waals surface area contributed by atoms with Crippen LogP contribution in [0.5, 0.6) is 0 Å². The zero-order valence-electron chi connectivity index (χ0n) is 12.7. The lowest BCUT2D eigenvalue weighted by atomic mass is 10.0. The molecular formula is C17H22N2O2. The van der Waals surface area contributed by atoms with Crippen molar-refractivity contribution in [2.24, 2.45) is 0 Å². The number of para-hydroxylation sites is 1. The van der Waals surface area contributed by atoms with Crippen molar-refractivity contribution in [1.82, 2.24) is 9.88 Å². The van der Waals surface area contributed by atoms with E-state index >= 15 is 0 Å². The van der Waals surface area contributed by atoms with Crippen LogP contribution in [-0.2, 0) is 16.0 Å². The monoisotopic (exact) mass is 286 g/mol. The summed E-state index contributed by atoms with van der Waals surface area (Å²) >= 11 is 0. The highest BCUT2D eigenvalue weighted by molar-refractivity contribution is 5.84. The number of nitrogens with one attached hydrogen (secondary N) is 1. The maximum absolute atomic E-state index is 12.5. The lowest BCUT2D eigenvalue weighted by Gasteiger charge is -2.42. The summed E-state index contributed by atoms with van der Waals surface area (Å²) in [6.45, 7) is 6.08. The molecule has 112 valence electrons. The molecular weight excluding hydrogens is 264 g/mol. The highest BCUT2D eigenvalue weighted by Gasteiger charge is 2.33. The molecule has 1 aliphatic rings. The third-order valence-electron chi connectivity index (χ3n) is 4.23.